The molecule has 0 radical (unpaired) electrons. The highest BCUT2D eigenvalue weighted by atomic mass is 32.1. The number of para-hydroxylation sites is 2. The predicted molar refractivity (Wildman–Crippen MR) is 85.7 cm³/mol. The summed E-state index contributed by atoms with van der Waals surface area (Å²) in [7, 11) is 0. The number of phenolic OH excluding ortho intramolecular Hbond substituents is 1. The third-order valence-corrected chi connectivity index (χ3v) is 3.41. The van der Waals surface area contributed by atoms with E-state index in [1.165, 1.54) is 4.90 Å². The van der Waals surface area contributed by atoms with Gasteiger partial charge >= 0.3 is 0 Å². The summed E-state index contributed by atoms with van der Waals surface area (Å²) in [6.45, 7) is 0. The number of hydrogen-bond donors (Lipinski definition) is 2. The number of amides is 1. The van der Waals surface area contributed by atoms with Gasteiger partial charge < -0.3 is 10.4 Å². The number of carbonyl (C=O) groups excluding carboxylic acids is 1. The molecule has 1 fully saturated rings. The number of aromatic hydroxyl groups is 1. The average Bonchev–Trinajstić information content (AvgIpc) is 2.77. The number of nitrogens with one attached hydrogen (secondary N) is 1. The van der Waals surface area contributed by atoms with Crippen LogP contribution in [0.4, 0.5) is 5.69 Å². The molecule has 1 amide bonds. The minimum absolute atomic E-state index is 0.115. The molecule has 0 aliphatic carbocycles. The van der Waals surface area contributed by atoms with Gasteiger partial charge in [0.05, 0.1) is 5.69 Å². The first kappa shape index (κ1) is 13.3. The number of nitrogens with zero attached hydrogens (tertiary/aromatic N) is 1. The molecule has 4 nitrogen and oxygen atoms in total. The van der Waals surface area contributed by atoms with Crippen LogP contribution >= 0.6 is 12.2 Å². The van der Waals surface area contributed by atoms with E-state index in [2.05, 4.69) is 5.32 Å². The molecule has 0 saturated carbocycles. The lowest BCUT2D eigenvalue weighted by atomic mass is 10.1. The van der Waals surface area contributed by atoms with Crippen LogP contribution in [-0.2, 0) is 4.79 Å². The van der Waals surface area contributed by atoms with Crippen molar-refractivity contribution in [3.8, 4) is 5.75 Å². The molecule has 1 aliphatic heterocycles. The van der Waals surface area contributed by atoms with Gasteiger partial charge in [-0.2, -0.15) is 0 Å². The molecule has 104 valence electrons. The monoisotopic (exact) mass is 296 g/mol. The topological polar surface area (TPSA) is 52.6 Å². The van der Waals surface area contributed by atoms with E-state index in [0.29, 0.717) is 22.1 Å². The summed E-state index contributed by atoms with van der Waals surface area (Å²) in [5.41, 5.74) is 1.61. The maximum absolute atomic E-state index is 12.5. The molecule has 5 heteroatoms. The highest BCUT2D eigenvalue weighted by Crippen LogP contribution is 2.24. The summed E-state index contributed by atoms with van der Waals surface area (Å²) in [5, 5.41) is 13.0. The molecule has 0 spiro atoms. The zero-order valence-corrected chi connectivity index (χ0v) is 11.8. The number of carbonyl (C=O) groups is 1. The second-order valence-electron chi connectivity index (χ2n) is 4.52. The zero-order chi connectivity index (χ0) is 14.8. The van der Waals surface area contributed by atoms with Gasteiger partial charge in [0.25, 0.3) is 5.91 Å². The van der Waals surface area contributed by atoms with Gasteiger partial charge in [0, 0.05) is 5.56 Å². The smallest absolute Gasteiger partial charge is 0.281 e. The van der Waals surface area contributed by atoms with Crippen molar-refractivity contribution in [1.29, 1.82) is 0 Å². The number of thiocarbonyl (C=S) groups is 1. The second kappa shape index (κ2) is 5.38. The zero-order valence-electron chi connectivity index (χ0n) is 11.0. The third-order valence-electron chi connectivity index (χ3n) is 3.13. The Labute approximate surface area is 127 Å². The molecule has 0 bridgehead atoms. The molecule has 2 N–H and O–H groups in total. The Bertz CT molecular complexity index is 741. The van der Waals surface area contributed by atoms with Crippen LogP contribution in [0.3, 0.4) is 0 Å². The second-order valence-corrected chi connectivity index (χ2v) is 4.91. The van der Waals surface area contributed by atoms with Crippen LogP contribution in [0.5, 0.6) is 5.75 Å². The Morgan fingerprint density at radius 1 is 1.05 bits per heavy atom. The van der Waals surface area contributed by atoms with Crippen LogP contribution in [-0.4, -0.2) is 16.1 Å². The van der Waals surface area contributed by atoms with Crippen molar-refractivity contribution in [3.63, 3.8) is 0 Å². The number of anilines is 1. The van der Waals surface area contributed by atoms with E-state index in [4.69, 9.17) is 12.2 Å². The Morgan fingerprint density at radius 2 is 1.71 bits per heavy atom. The number of benzene rings is 2. The maximum Gasteiger partial charge on any atom is 0.281 e. The van der Waals surface area contributed by atoms with Gasteiger partial charge in [-0.1, -0.05) is 36.4 Å². The first-order chi connectivity index (χ1) is 10.2. The fourth-order valence-electron chi connectivity index (χ4n) is 2.11. The van der Waals surface area contributed by atoms with Gasteiger partial charge in [-0.15, -0.1) is 0 Å². The molecule has 2 aromatic rings. The van der Waals surface area contributed by atoms with Gasteiger partial charge in [-0.3, -0.25) is 9.69 Å². The lowest BCUT2D eigenvalue weighted by molar-refractivity contribution is -0.113. The molecule has 0 atom stereocenters. The lowest BCUT2D eigenvalue weighted by Gasteiger charge is -2.13. The molecule has 1 saturated heterocycles. The Balaban J connectivity index is 1.96. The highest BCUT2D eigenvalue weighted by Gasteiger charge is 2.31. The Morgan fingerprint density at radius 3 is 2.43 bits per heavy atom. The summed E-state index contributed by atoms with van der Waals surface area (Å²) in [6, 6.07) is 16.0. The van der Waals surface area contributed by atoms with Crippen LogP contribution in [0.15, 0.2) is 60.3 Å². The number of phenols is 1. The highest BCUT2D eigenvalue weighted by molar-refractivity contribution is 7.80. The van der Waals surface area contributed by atoms with E-state index < -0.39 is 0 Å². The first-order valence-electron chi connectivity index (χ1n) is 6.37. The number of rotatable bonds is 2. The molecule has 3 rings (SSSR count). The largest absolute Gasteiger partial charge is 0.507 e. The number of hydrogen-bond acceptors (Lipinski definition) is 3. The van der Waals surface area contributed by atoms with Crippen molar-refractivity contribution in [2.75, 3.05) is 4.90 Å². The average molecular weight is 296 g/mol. The fourth-order valence-corrected chi connectivity index (χ4v) is 2.41. The minimum atomic E-state index is -0.241. The summed E-state index contributed by atoms with van der Waals surface area (Å²) in [6.07, 6.45) is 1.59. The third kappa shape index (κ3) is 2.51. The molecular formula is C16H12N2O2S. The van der Waals surface area contributed by atoms with Crippen molar-refractivity contribution >= 4 is 35.0 Å². The van der Waals surface area contributed by atoms with Crippen LogP contribution in [0.2, 0.25) is 0 Å². The van der Waals surface area contributed by atoms with Crippen LogP contribution < -0.4 is 10.2 Å². The van der Waals surface area contributed by atoms with E-state index in [1.807, 2.05) is 30.3 Å². The quantitative estimate of drug-likeness (QED) is 0.661. The Kier molecular flexibility index (Phi) is 3.41. The molecule has 0 unspecified atom stereocenters. The molecule has 21 heavy (non-hydrogen) atoms. The molecule has 0 aromatic heterocycles. The van der Waals surface area contributed by atoms with E-state index in [1.54, 1.807) is 30.3 Å². The lowest BCUT2D eigenvalue weighted by Crippen LogP contribution is -2.30. The van der Waals surface area contributed by atoms with Gasteiger partial charge in [-0.25, -0.2) is 0 Å². The molecule has 1 heterocycles. The van der Waals surface area contributed by atoms with E-state index >= 15 is 0 Å². The Hall–Kier alpha value is -2.66. The van der Waals surface area contributed by atoms with Gasteiger partial charge in [-0.05, 0) is 36.5 Å². The van der Waals surface area contributed by atoms with Gasteiger partial charge in [0.2, 0.25) is 0 Å². The predicted octanol–water partition coefficient (Wildman–Crippen LogP) is 2.65. The van der Waals surface area contributed by atoms with Gasteiger partial charge in [0.15, 0.2) is 5.11 Å². The first-order valence-corrected chi connectivity index (χ1v) is 6.78. The summed E-state index contributed by atoms with van der Waals surface area (Å²) >= 11 is 5.22. The minimum Gasteiger partial charge on any atom is -0.507 e. The van der Waals surface area contributed by atoms with Crippen molar-refractivity contribution in [2.24, 2.45) is 0 Å². The SMILES string of the molecule is O=C1/C(=C\c2ccccc2O)NC(=S)N1c1ccccc1. The van der Waals surface area contributed by atoms with E-state index in [-0.39, 0.29) is 11.7 Å². The van der Waals surface area contributed by atoms with Crippen molar-refractivity contribution in [3.05, 3.63) is 65.9 Å². The summed E-state index contributed by atoms with van der Waals surface area (Å²) in [4.78, 5) is 13.9. The summed E-state index contributed by atoms with van der Waals surface area (Å²) in [5.74, 6) is -0.127. The maximum atomic E-state index is 12.5. The van der Waals surface area contributed by atoms with Crippen LogP contribution in [0, 0.1) is 0 Å². The molecule has 1 aliphatic rings. The van der Waals surface area contributed by atoms with E-state index in [0.717, 1.165) is 0 Å². The summed E-state index contributed by atoms with van der Waals surface area (Å²) < 4.78 is 0. The van der Waals surface area contributed by atoms with Gasteiger partial charge in [0.1, 0.15) is 11.4 Å². The fraction of sp³-hybridized carbons (Fsp3) is 0. The van der Waals surface area contributed by atoms with Crippen molar-refractivity contribution < 1.29 is 9.90 Å². The van der Waals surface area contributed by atoms with Crippen LogP contribution in [0.25, 0.3) is 6.08 Å². The standard InChI is InChI=1S/C16H12N2O2S/c19-14-9-5-4-6-11(14)10-13-15(20)18(16(21)17-13)12-7-2-1-3-8-12/h1-10,19H,(H,17,21)/b13-10+. The van der Waals surface area contributed by atoms with E-state index in [9.17, 15) is 9.90 Å². The van der Waals surface area contributed by atoms with Crippen molar-refractivity contribution in [2.45, 2.75) is 0 Å². The molecule has 2 aromatic carbocycles. The molecular weight excluding hydrogens is 284 g/mol. The van der Waals surface area contributed by atoms with Crippen molar-refractivity contribution in [1.82, 2.24) is 5.32 Å². The van der Waals surface area contributed by atoms with Crippen LogP contribution in [0.1, 0.15) is 5.56 Å². The normalized spacial score (nSPS) is 16.4.